The summed E-state index contributed by atoms with van der Waals surface area (Å²) in [6.45, 7) is 0. The highest BCUT2D eigenvalue weighted by Crippen LogP contribution is 2.38. The fraction of sp³-hybridized carbons (Fsp3) is 1.00. The van der Waals surface area contributed by atoms with Gasteiger partial charge in [0.1, 0.15) is 30.5 Å². The van der Waals surface area contributed by atoms with Gasteiger partial charge in [-0.25, -0.2) is 0 Å². The first-order chi connectivity index (χ1) is 6.87. The van der Waals surface area contributed by atoms with Crippen molar-refractivity contribution in [2.75, 3.05) is 0 Å². The molecule has 2 aliphatic carbocycles. The molecule has 0 amide bonds. The quantitative estimate of drug-likeness (QED) is 0.265. The molecule has 0 aromatic carbocycles. The lowest BCUT2D eigenvalue weighted by atomic mass is 9.80. The lowest BCUT2D eigenvalue weighted by Gasteiger charge is -2.52. The Labute approximate surface area is 85.2 Å². The lowest BCUT2D eigenvalue weighted by molar-refractivity contribution is -0.390. The van der Waals surface area contributed by atoms with E-state index in [0.717, 1.165) is 0 Å². The summed E-state index contributed by atoms with van der Waals surface area (Å²) >= 11 is 0. The third-order valence-corrected chi connectivity index (χ3v) is 3.04. The minimum absolute atomic E-state index is 0.194. The van der Waals surface area contributed by atoms with E-state index in [9.17, 15) is 20.4 Å². The van der Waals surface area contributed by atoms with Gasteiger partial charge in [-0.3, -0.25) is 0 Å². The maximum absolute atomic E-state index is 9.57. The maximum Gasteiger partial charge on any atom is 0.197 e. The Morgan fingerprint density at radius 2 is 1.47 bits per heavy atom. The molecule has 6 N–H and O–H groups in total. The van der Waals surface area contributed by atoms with Gasteiger partial charge in [-0.05, 0) is 0 Å². The van der Waals surface area contributed by atoms with Gasteiger partial charge in [-0.1, -0.05) is 0 Å². The van der Waals surface area contributed by atoms with Crippen molar-refractivity contribution in [2.45, 2.75) is 48.8 Å². The van der Waals surface area contributed by atoms with Gasteiger partial charge in [0.2, 0.25) is 0 Å². The van der Waals surface area contributed by atoms with Gasteiger partial charge in [-0.15, -0.1) is 0 Å². The minimum Gasteiger partial charge on any atom is -0.390 e. The van der Waals surface area contributed by atoms with E-state index in [1.54, 1.807) is 0 Å². The molecule has 0 aromatic rings. The van der Waals surface area contributed by atoms with Crippen molar-refractivity contribution in [3.63, 3.8) is 0 Å². The van der Waals surface area contributed by atoms with Gasteiger partial charge in [0.05, 0.1) is 6.10 Å². The maximum atomic E-state index is 9.57. The summed E-state index contributed by atoms with van der Waals surface area (Å²) in [6, 6.07) is 0. The summed E-state index contributed by atoms with van der Waals surface area (Å²) in [5.74, 6) is -1.95. The third kappa shape index (κ3) is 1.48. The molecule has 2 aliphatic rings. The van der Waals surface area contributed by atoms with Crippen molar-refractivity contribution >= 4 is 0 Å². The molecule has 2 saturated carbocycles. The van der Waals surface area contributed by atoms with Crippen LogP contribution in [-0.4, -0.2) is 73.1 Å². The molecule has 5 atom stereocenters. The molecule has 7 heteroatoms. The number of rotatable bonds is 2. The van der Waals surface area contributed by atoms with Gasteiger partial charge in [0.25, 0.3) is 0 Å². The Kier molecular flexibility index (Phi) is 2.51. The Balaban J connectivity index is 1.93. The normalized spacial score (nSPS) is 59.6. The highest BCUT2D eigenvalue weighted by atomic mass is 16.7. The van der Waals surface area contributed by atoms with Crippen molar-refractivity contribution in [1.82, 2.24) is 0 Å². The second-order valence-electron chi connectivity index (χ2n) is 4.12. The summed E-state index contributed by atoms with van der Waals surface area (Å²) in [5.41, 5.74) is 0. The van der Waals surface area contributed by atoms with Gasteiger partial charge in [0.15, 0.2) is 5.79 Å². The molecule has 0 spiro atoms. The third-order valence-electron chi connectivity index (χ3n) is 3.04. The molecule has 0 saturated heterocycles. The van der Waals surface area contributed by atoms with Crippen LogP contribution in [0.3, 0.4) is 0 Å². The van der Waals surface area contributed by atoms with E-state index in [1.807, 2.05) is 0 Å². The van der Waals surface area contributed by atoms with E-state index in [1.165, 1.54) is 0 Å². The molecular weight excluding hydrogens is 208 g/mol. The monoisotopic (exact) mass is 222 g/mol. The first-order valence-corrected chi connectivity index (χ1v) is 4.67. The fourth-order valence-corrected chi connectivity index (χ4v) is 1.81. The van der Waals surface area contributed by atoms with Gasteiger partial charge >= 0.3 is 0 Å². The van der Waals surface area contributed by atoms with Crippen LogP contribution < -0.4 is 0 Å². The summed E-state index contributed by atoms with van der Waals surface area (Å²) in [5, 5.41) is 55.1. The lowest BCUT2D eigenvalue weighted by Crippen LogP contribution is -2.72. The Bertz CT molecular complexity index is 249. The Hall–Kier alpha value is -0.280. The predicted octanol–water partition coefficient (Wildman–Crippen LogP) is -3.72. The number of aliphatic hydroxyl groups is 6. The Morgan fingerprint density at radius 3 is 1.87 bits per heavy atom. The first-order valence-electron chi connectivity index (χ1n) is 4.67. The fourth-order valence-electron chi connectivity index (χ4n) is 1.81. The number of ether oxygens (including phenoxy) is 1. The highest BCUT2D eigenvalue weighted by Gasteiger charge is 2.59. The molecule has 2 fully saturated rings. The molecule has 5 unspecified atom stereocenters. The summed E-state index contributed by atoms with van der Waals surface area (Å²) in [6.07, 6.45) is -7.78. The van der Waals surface area contributed by atoms with E-state index < -0.39 is 42.4 Å². The number of aliphatic hydroxyl groups excluding tert-OH is 5. The molecule has 15 heavy (non-hydrogen) atoms. The van der Waals surface area contributed by atoms with E-state index >= 15 is 0 Å². The van der Waals surface area contributed by atoms with Crippen LogP contribution in [0, 0.1) is 0 Å². The molecule has 0 heterocycles. The predicted molar refractivity (Wildman–Crippen MR) is 44.5 cm³/mol. The first kappa shape index (κ1) is 11.2. The van der Waals surface area contributed by atoms with E-state index in [-0.39, 0.29) is 6.42 Å². The topological polar surface area (TPSA) is 131 Å². The molecule has 7 nitrogen and oxygen atoms in total. The van der Waals surface area contributed by atoms with Gasteiger partial charge < -0.3 is 35.4 Å². The number of hydrogen-bond acceptors (Lipinski definition) is 7. The van der Waals surface area contributed by atoms with Crippen LogP contribution in [-0.2, 0) is 4.74 Å². The zero-order chi connectivity index (χ0) is 11.4. The second kappa shape index (κ2) is 3.36. The molecule has 88 valence electrons. The van der Waals surface area contributed by atoms with Crippen molar-refractivity contribution in [3.05, 3.63) is 0 Å². The zero-order valence-electron chi connectivity index (χ0n) is 7.76. The van der Waals surface area contributed by atoms with E-state index in [4.69, 9.17) is 14.9 Å². The van der Waals surface area contributed by atoms with Crippen molar-refractivity contribution in [2.24, 2.45) is 0 Å². The Morgan fingerprint density at radius 1 is 0.933 bits per heavy atom. The summed E-state index contributed by atoms with van der Waals surface area (Å²) in [4.78, 5) is 0. The highest BCUT2D eigenvalue weighted by molar-refractivity contribution is 5.04. The van der Waals surface area contributed by atoms with Crippen LogP contribution in [0.15, 0.2) is 0 Å². The molecule has 0 radical (unpaired) electrons. The zero-order valence-corrected chi connectivity index (χ0v) is 7.76. The molecule has 0 bridgehead atoms. The van der Waals surface area contributed by atoms with E-state index in [0.29, 0.717) is 0 Å². The van der Waals surface area contributed by atoms with Crippen LogP contribution in [0.25, 0.3) is 0 Å². The van der Waals surface area contributed by atoms with Crippen molar-refractivity contribution < 1.29 is 35.4 Å². The summed E-state index contributed by atoms with van der Waals surface area (Å²) in [7, 11) is 0. The van der Waals surface area contributed by atoms with Gasteiger partial charge in [-0.2, -0.15) is 0 Å². The average molecular weight is 222 g/mol. The van der Waals surface area contributed by atoms with Crippen LogP contribution in [0.2, 0.25) is 0 Å². The number of hydrogen-bond donors (Lipinski definition) is 6. The molecule has 2 rings (SSSR count). The van der Waals surface area contributed by atoms with Crippen molar-refractivity contribution in [3.8, 4) is 0 Å². The largest absolute Gasteiger partial charge is 0.390 e. The molecule has 0 aliphatic heterocycles. The smallest absolute Gasteiger partial charge is 0.197 e. The summed E-state index contributed by atoms with van der Waals surface area (Å²) < 4.78 is 4.87. The SMILES string of the molecule is OC1CC(O)(OC2C(O)C(O)C2O)C1O. The molecular formula is C8H14O7. The van der Waals surface area contributed by atoms with Crippen LogP contribution in [0.4, 0.5) is 0 Å². The van der Waals surface area contributed by atoms with Crippen molar-refractivity contribution in [1.29, 1.82) is 0 Å². The minimum atomic E-state index is -1.95. The standard InChI is InChI=1S/C8H14O7/c9-2-1-8(14,7(2)13)15-6-4(11)3(10)5(6)12/h2-7,9-14H,1H2. The van der Waals surface area contributed by atoms with Crippen LogP contribution in [0.1, 0.15) is 6.42 Å². The molecule has 0 aromatic heterocycles. The van der Waals surface area contributed by atoms with Crippen LogP contribution in [0.5, 0.6) is 0 Å². The average Bonchev–Trinajstić information content (AvgIpc) is 2.24. The van der Waals surface area contributed by atoms with Crippen LogP contribution >= 0.6 is 0 Å². The van der Waals surface area contributed by atoms with E-state index in [2.05, 4.69) is 0 Å². The van der Waals surface area contributed by atoms with Gasteiger partial charge in [0, 0.05) is 6.42 Å². The second-order valence-corrected chi connectivity index (χ2v) is 4.12.